The summed E-state index contributed by atoms with van der Waals surface area (Å²) in [4.78, 5) is 13.4. The van der Waals surface area contributed by atoms with Crippen molar-refractivity contribution in [3.8, 4) is 0 Å². The predicted octanol–water partition coefficient (Wildman–Crippen LogP) is 18.3. The van der Waals surface area contributed by atoms with E-state index in [-0.39, 0.29) is 12.5 Å². The van der Waals surface area contributed by atoms with E-state index in [9.17, 15) is 45.6 Å². The highest BCUT2D eigenvalue weighted by atomic mass is 16.7. The fraction of sp³-hybridized carbons (Fsp3) is 0.987. The Morgan fingerprint density at radius 1 is 0.344 bits per heavy atom. The van der Waals surface area contributed by atoms with Gasteiger partial charge in [0.05, 0.1) is 32.0 Å². The van der Waals surface area contributed by atoms with E-state index < -0.39 is 86.8 Å². The standard InChI is InChI=1S/C79H155NO13/c1-3-5-7-9-11-13-15-17-19-21-23-25-27-29-31-33-35-37-39-41-43-45-47-49-51-53-55-57-59-61-63-71(84)80-67(66-90-78-76(89)74(87)77(70(65-82)92-78)93-79-75(88)73(86)72(85)69(64-81)91-79)68(83)62-60-58-56-54-52-50-48-46-44-42-40-38-36-34-32-30-28-26-24-22-20-18-16-14-12-10-8-6-4-2/h67-70,72-79,81-83,85-89H,3-66H2,1-2H3,(H,80,84). The van der Waals surface area contributed by atoms with Crippen molar-refractivity contribution in [3.05, 3.63) is 0 Å². The largest absolute Gasteiger partial charge is 0.394 e. The lowest BCUT2D eigenvalue weighted by Gasteiger charge is -2.46. The van der Waals surface area contributed by atoms with Gasteiger partial charge in [-0.25, -0.2) is 0 Å². The number of hydrogen-bond acceptors (Lipinski definition) is 13. The van der Waals surface area contributed by atoms with Gasteiger partial charge in [0.15, 0.2) is 12.6 Å². The van der Waals surface area contributed by atoms with Gasteiger partial charge in [0, 0.05) is 6.42 Å². The average molecular weight is 1330 g/mol. The van der Waals surface area contributed by atoms with Crippen molar-refractivity contribution in [3.63, 3.8) is 0 Å². The minimum absolute atomic E-state index is 0.195. The van der Waals surface area contributed by atoms with E-state index in [2.05, 4.69) is 19.2 Å². The quantitative estimate of drug-likeness (QED) is 0.0259. The summed E-state index contributed by atoms with van der Waals surface area (Å²) in [6.45, 7) is 2.95. The first kappa shape index (κ1) is 88.1. The molecule has 2 fully saturated rings. The fourth-order valence-corrected chi connectivity index (χ4v) is 14.1. The van der Waals surface area contributed by atoms with E-state index in [1.54, 1.807) is 0 Å². The zero-order valence-corrected chi connectivity index (χ0v) is 60.8. The Bertz CT molecular complexity index is 1560. The Balaban J connectivity index is 1.60. The van der Waals surface area contributed by atoms with Crippen LogP contribution in [0.2, 0.25) is 0 Å². The molecule has 12 atom stereocenters. The summed E-state index contributed by atoms with van der Waals surface area (Å²) in [5.41, 5.74) is 0. The zero-order valence-electron chi connectivity index (χ0n) is 60.8. The summed E-state index contributed by atoms with van der Waals surface area (Å²) in [5, 5.41) is 87.9. The third kappa shape index (κ3) is 47.6. The van der Waals surface area contributed by atoms with Gasteiger partial charge in [-0.15, -0.1) is 0 Å². The average Bonchev–Trinajstić information content (AvgIpc) is 0.932. The van der Waals surface area contributed by atoms with Crippen LogP contribution < -0.4 is 5.32 Å². The van der Waals surface area contributed by atoms with Crippen LogP contribution in [0.4, 0.5) is 0 Å². The van der Waals surface area contributed by atoms with E-state index in [1.165, 1.54) is 327 Å². The summed E-state index contributed by atoms with van der Waals surface area (Å²) in [7, 11) is 0. The molecule has 0 aromatic carbocycles. The van der Waals surface area contributed by atoms with E-state index in [0.29, 0.717) is 12.8 Å². The van der Waals surface area contributed by atoms with Crippen LogP contribution in [0.5, 0.6) is 0 Å². The van der Waals surface area contributed by atoms with Gasteiger partial charge in [0.2, 0.25) is 5.91 Å². The van der Waals surface area contributed by atoms with Gasteiger partial charge in [0.25, 0.3) is 0 Å². The number of carbonyl (C=O) groups is 1. The van der Waals surface area contributed by atoms with E-state index >= 15 is 0 Å². The first-order valence-corrected chi connectivity index (χ1v) is 40.8. The highest BCUT2D eigenvalue weighted by Gasteiger charge is 2.51. The lowest BCUT2D eigenvalue weighted by Crippen LogP contribution is -2.65. The molecule has 0 bridgehead atoms. The van der Waals surface area contributed by atoms with Gasteiger partial charge in [-0.2, -0.15) is 0 Å². The Labute approximate surface area is 572 Å². The third-order valence-corrected chi connectivity index (χ3v) is 20.6. The number of ether oxygens (including phenoxy) is 4. The van der Waals surface area contributed by atoms with Crippen LogP contribution >= 0.6 is 0 Å². The van der Waals surface area contributed by atoms with Crippen molar-refractivity contribution in [2.75, 3.05) is 19.8 Å². The molecule has 0 aromatic rings. The first-order chi connectivity index (χ1) is 45.6. The lowest BCUT2D eigenvalue weighted by molar-refractivity contribution is -0.359. The molecule has 0 aromatic heterocycles. The molecule has 1 amide bonds. The normalized spacial score (nSPS) is 22.4. The molecule has 14 heteroatoms. The second kappa shape index (κ2) is 64.4. The van der Waals surface area contributed by atoms with Crippen LogP contribution in [0.25, 0.3) is 0 Å². The van der Waals surface area contributed by atoms with Gasteiger partial charge in [-0.05, 0) is 12.8 Å². The maximum atomic E-state index is 13.4. The van der Waals surface area contributed by atoms with Crippen molar-refractivity contribution in [2.45, 2.75) is 479 Å². The van der Waals surface area contributed by atoms with Crippen LogP contribution in [-0.4, -0.2) is 140 Å². The Kier molecular flexibility index (Phi) is 61.0. The zero-order chi connectivity index (χ0) is 67.3. The fourth-order valence-electron chi connectivity index (χ4n) is 14.1. The van der Waals surface area contributed by atoms with E-state index in [0.717, 1.165) is 51.4 Å². The summed E-state index contributed by atoms with van der Waals surface area (Å²) < 4.78 is 23.0. The number of unbranched alkanes of at least 4 members (excludes halogenated alkanes) is 57. The molecule has 2 rings (SSSR count). The third-order valence-electron chi connectivity index (χ3n) is 20.6. The van der Waals surface area contributed by atoms with Gasteiger partial charge in [0.1, 0.15) is 48.8 Å². The van der Waals surface area contributed by atoms with Crippen molar-refractivity contribution < 1.29 is 64.6 Å². The molecule has 2 saturated heterocycles. The molecule has 0 saturated carbocycles. The molecule has 0 spiro atoms. The number of hydrogen-bond donors (Lipinski definition) is 9. The molecule has 0 radical (unpaired) electrons. The lowest BCUT2D eigenvalue weighted by atomic mass is 9.97. The van der Waals surface area contributed by atoms with Crippen LogP contribution in [-0.2, 0) is 23.7 Å². The van der Waals surface area contributed by atoms with Crippen molar-refractivity contribution in [2.24, 2.45) is 0 Å². The maximum absolute atomic E-state index is 13.4. The van der Waals surface area contributed by atoms with Crippen LogP contribution in [0.1, 0.15) is 406 Å². The smallest absolute Gasteiger partial charge is 0.220 e. The minimum atomic E-state index is -1.78. The summed E-state index contributed by atoms with van der Waals surface area (Å²) >= 11 is 0. The van der Waals surface area contributed by atoms with Gasteiger partial charge in [-0.3, -0.25) is 4.79 Å². The van der Waals surface area contributed by atoms with E-state index in [4.69, 9.17) is 18.9 Å². The van der Waals surface area contributed by atoms with Crippen LogP contribution in [0, 0.1) is 0 Å². The van der Waals surface area contributed by atoms with Crippen LogP contribution in [0.3, 0.4) is 0 Å². The number of aliphatic hydroxyl groups is 8. The number of carbonyl (C=O) groups excluding carboxylic acids is 1. The molecule has 12 unspecified atom stereocenters. The monoisotopic (exact) mass is 1330 g/mol. The van der Waals surface area contributed by atoms with Crippen molar-refractivity contribution in [1.82, 2.24) is 5.32 Å². The molecule has 0 aliphatic carbocycles. The number of nitrogens with one attached hydrogen (secondary N) is 1. The molecule has 14 nitrogen and oxygen atoms in total. The Morgan fingerprint density at radius 3 is 0.914 bits per heavy atom. The molecule has 554 valence electrons. The van der Waals surface area contributed by atoms with Gasteiger partial charge in [-0.1, -0.05) is 386 Å². The second-order valence-electron chi connectivity index (χ2n) is 29.3. The highest BCUT2D eigenvalue weighted by molar-refractivity contribution is 5.76. The Morgan fingerprint density at radius 2 is 0.613 bits per heavy atom. The number of amides is 1. The summed E-state index contributed by atoms with van der Waals surface area (Å²) in [5.74, 6) is -0.195. The number of rotatable bonds is 70. The Hall–Kier alpha value is -1.01. The molecule has 93 heavy (non-hydrogen) atoms. The van der Waals surface area contributed by atoms with Crippen LogP contribution in [0.15, 0.2) is 0 Å². The van der Waals surface area contributed by atoms with Gasteiger partial charge >= 0.3 is 0 Å². The summed E-state index contributed by atoms with van der Waals surface area (Å²) in [6.07, 6.45) is 62.9. The molecule has 2 aliphatic rings. The first-order valence-electron chi connectivity index (χ1n) is 40.8. The van der Waals surface area contributed by atoms with Gasteiger partial charge < -0.3 is 65.1 Å². The summed E-state index contributed by atoms with van der Waals surface area (Å²) in [6, 6.07) is -0.826. The molecule has 9 N–H and O–H groups in total. The van der Waals surface area contributed by atoms with Crippen molar-refractivity contribution >= 4 is 5.91 Å². The number of aliphatic hydroxyl groups excluding tert-OH is 8. The molecular formula is C79H155NO13. The molecule has 2 heterocycles. The molecular weight excluding hydrogens is 1170 g/mol. The van der Waals surface area contributed by atoms with E-state index in [1.807, 2.05) is 0 Å². The topological polar surface area (TPSA) is 228 Å². The van der Waals surface area contributed by atoms with Crippen molar-refractivity contribution in [1.29, 1.82) is 0 Å². The SMILES string of the molecule is CCCCCCCCCCCCCCCCCCCCCCCCCCCCCCCCC(=O)NC(COC1OC(CO)C(OC2OC(CO)C(O)C(O)C2O)C(O)C1O)C(O)CCCCCCCCCCCCCCCCCCCCCCCCCCCCCCC. The highest BCUT2D eigenvalue weighted by Crippen LogP contribution is 2.31. The molecule has 2 aliphatic heterocycles. The second-order valence-corrected chi connectivity index (χ2v) is 29.3. The maximum Gasteiger partial charge on any atom is 0.220 e. The minimum Gasteiger partial charge on any atom is -0.394 e. The predicted molar refractivity (Wildman–Crippen MR) is 383 cm³/mol.